The minimum atomic E-state index is -1.03. The highest BCUT2D eigenvalue weighted by Crippen LogP contribution is 2.33. The molecule has 0 saturated heterocycles. The molecule has 4 rings (SSSR count). The molecule has 3 aromatic rings. The summed E-state index contributed by atoms with van der Waals surface area (Å²) in [5.74, 6) is 1.78. The van der Waals surface area contributed by atoms with Crippen LogP contribution in [0.3, 0.4) is 0 Å². The van der Waals surface area contributed by atoms with E-state index in [2.05, 4.69) is 10.4 Å². The second-order valence-electron chi connectivity index (χ2n) is 6.41. The lowest BCUT2D eigenvalue weighted by molar-refractivity contribution is 0.102. The van der Waals surface area contributed by atoms with Crippen molar-refractivity contribution >= 4 is 34.1 Å². The van der Waals surface area contributed by atoms with Crippen LogP contribution in [0.2, 0.25) is 5.02 Å². The van der Waals surface area contributed by atoms with Crippen LogP contribution in [-0.4, -0.2) is 34.1 Å². The van der Waals surface area contributed by atoms with Gasteiger partial charge in [0.1, 0.15) is 17.3 Å². The summed E-state index contributed by atoms with van der Waals surface area (Å²) < 4.78 is 24.2. The Morgan fingerprint density at radius 1 is 1.17 bits per heavy atom. The summed E-state index contributed by atoms with van der Waals surface area (Å²) in [5, 5.41) is 8.04. The Balaban J connectivity index is 1.75. The summed E-state index contributed by atoms with van der Waals surface area (Å²) in [7, 11) is 2.00. The van der Waals surface area contributed by atoms with Crippen molar-refractivity contribution in [2.24, 2.45) is 0 Å². The highest BCUT2D eigenvalue weighted by atomic mass is 35.5. The van der Waals surface area contributed by atoms with Gasteiger partial charge in [-0.2, -0.15) is 5.10 Å². The quantitative estimate of drug-likeness (QED) is 0.668. The molecule has 0 saturated carbocycles. The molecule has 0 bridgehead atoms. The van der Waals surface area contributed by atoms with E-state index in [1.807, 2.05) is 6.07 Å². The van der Waals surface area contributed by atoms with Crippen molar-refractivity contribution in [1.82, 2.24) is 9.78 Å². The third-order valence-corrected chi connectivity index (χ3v) is 6.05. The lowest BCUT2D eigenvalue weighted by atomic mass is 10.1. The second kappa shape index (κ2) is 7.88. The summed E-state index contributed by atoms with van der Waals surface area (Å²) >= 11 is 6.13. The van der Waals surface area contributed by atoms with Gasteiger partial charge < -0.3 is 14.8 Å². The number of nitrogens with zero attached hydrogens (tertiary/aromatic N) is 2. The van der Waals surface area contributed by atoms with Crippen molar-refractivity contribution in [2.75, 3.05) is 19.5 Å². The molecular weight excluding hydrogens is 414 g/mol. The number of rotatable bonds is 5. The van der Waals surface area contributed by atoms with E-state index in [0.717, 1.165) is 5.56 Å². The van der Waals surface area contributed by atoms with Crippen molar-refractivity contribution in [3.8, 4) is 17.2 Å². The molecule has 1 amide bonds. The molecule has 1 aliphatic heterocycles. The van der Waals surface area contributed by atoms with Gasteiger partial charge in [0.15, 0.2) is 0 Å². The maximum absolute atomic E-state index is 13.0. The first-order valence-electron chi connectivity index (χ1n) is 8.75. The van der Waals surface area contributed by atoms with Gasteiger partial charge in [0.2, 0.25) is 0 Å². The molecule has 2 aromatic carbocycles. The van der Waals surface area contributed by atoms with E-state index in [-0.39, 0.29) is 5.91 Å². The summed E-state index contributed by atoms with van der Waals surface area (Å²) in [5.41, 5.74) is 2.53. The summed E-state index contributed by atoms with van der Waals surface area (Å²) in [6.45, 7) is 0. The largest absolute Gasteiger partial charge is 0.497 e. The van der Waals surface area contributed by atoms with Crippen molar-refractivity contribution in [3.63, 3.8) is 0 Å². The number of hydrogen-bond acceptors (Lipinski definition) is 5. The average Bonchev–Trinajstić information content (AvgIpc) is 3.24. The van der Waals surface area contributed by atoms with E-state index in [1.165, 1.54) is 7.11 Å². The van der Waals surface area contributed by atoms with Crippen molar-refractivity contribution in [3.05, 3.63) is 64.3 Å². The van der Waals surface area contributed by atoms with Gasteiger partial charge in [0.25, 0.3) is 5.91 Å². The van der Waals surface area contributed by atoms with Crippen LogP contribution in [0.5, 0.6) is 11.5 Å². The maximum Gasteiger partial charge on any atom is 0.260 e. The first kappa shape index (κ1) is 19.5. The van der Waals surface area contributed by atoms with Gasteiger partial charge in [-0.1, -0.05) is 17.7 Å². The van der Waals surface area contributed by atoms with Crippen LogP contribution >= 0.6 is 11.6 Å². The Morgan fingerprint density at radius 2 is 2.00 bits per heavy atom. The van der Waals surface area contributed by atoms with Gasteiger partial charge in [-0.3, -0.25) is 9.00 Å². The molecular formula is C20H18ClN3O4S. The summed E-state index contributed by atoms with van der Waals surface area (Å²) in [6.07, 6.45) is 0. The fraction of sp³-hybridized carbons (Fsp3) is 0.200. The average molecular weight is 432 g/mol. The zero-order valence-electron chi connectivity index (χ0n) is 15.8. The lowest BCUT2D eigenvalue weighted by Crippen LogP contribution is -2.17. The molecule has 0 unspecified atom stereocenters. The SMILES string of the molecule is COc1ccc(C(=O)Nc2c3c(nn2-c2cccc(Cl)c2)C[S@](=O)C3)c(OC)c1. The highest BCUT2D eigenvalue weighted by molar-refractivity contribution is 7.83. The van der Waals surface area contributed by atoms with Gasteiger partial charge >= 0.3 is 0 Å². The fourth-order valence-electron chi connectivity index (χ4n) is 3.21. The van der Waals surface area contributed by atoms with Crippen LogP contribution in [0.25, 0.3) is 5.69 Å². The van der Waals surface area contributed by atoms with Crippen molar-refractivity contribution in [1.29, 1.82) is 0 Å². The number of nitrogens with one attached hydrogen (secondary N) is 1. The Labute approximate surface area is 175 Å². The molecule has 1 aliphatic rings. The number of carbonyl (C=O) groups excluding carboxylic acids is 1. The predicted octanol–water partition coefficient (Wildman–Crippen LogP) is 3.56. The number of halogens is 1. The number of ether oxygens (including phenoxy) is 2. The predicted molar refractivity (Wildman–Crippen MR) is 112 cm³/mol. The van der Waals surface area contributed by atoms with Crippen LogP contribution < -0.4 is 14.8 Å². The molecule has 2 heterocycles. The van der Waals surface area contributed by atoms with E-state index < -0.39 is 10.8 Å². The highest BCUT2D eigenvalue weighted by Gasteiger charge is 2.29. The van der Waals surface area contributed by atoms with Crippen LogP contribution in [0.1, 0.15) is 21.6 Å². The van der Waals surface area contributed by atoms with Crippen molar-refractivity contribution in [2.45, 2.75) is 11.5 Å². The van der Waals surface area contributed by atoms with Gasteiger partial charge in [-0.15, -0.1) is 0 Å². The number of methoxy groups -OCH3 is 2. The van der Waals surface area contributed by atoms with Crippen molar-refractivity contribution < 1.29 is 18.5 Å². The molecule has 9 heteroatoms. The molecule has 150 valence electrons. The Bertz CT molecular complexity index is 1130. The zero-order chi connectivity index (χ0) is 20.5. The van der Waals surface area contributed by atoms with E-state index in [9.17, 15) is 9.00 Å². The summed E-state index contributed by atoms with van der Waals surface area (Å²) in [6, 6.07) is 12.1. The monoisotopic (exact) mass is 431 g/mol. The maximum atomic E-state index is 13.0. The topological polar surface area (TPSA) is 82.5 Å². The number of amides is 1. The van der Waals surface area contributed by atoms with Crippen LogP contribution in [0.4, 0.5) is 5.82 Å². The van der Waals surface area contributed by atoms with E-state index in [0.29, 0.717) is 50.8 Å². The first-order chi connectivity index (χ1) is 14.0. The minimum Gasteiger partial charge on any atom is -0.497 e. The smallest absolute Gasteiger partial charge is 0.260 e. The molecule has 1 N–H and O–H groups in total. The molecule has 29 heavy (non-hydrogen) atoms. The van der Waals surface area contributed by atoms with Crippen LogP contribution in [0.15, 0.2) is 42.5 Å². The molecule has 1 atom stereocenters. The Hall–Kier alpha value is -2.84. The number of carbonyl (C=O) groups is 1. The number of hydrogen-bond donors (Lipinski definition) is 1. The first-order valence-corrected chi connectivity index (χ1v) is 10.6. The van der Waals surface area contributed by atoms with E-state index in [4.69, 9.17) is 21.1 Å². The van der Waals surface area contributed by atoms with Gasteiger partial charge in [-0.25, -0.2) is 4.68 Å². The minimum absolute atomic E-state index is 0.339. The number of aromatic nitrogens is 2. The van der Waals surface area contributed by atoms with E-state index in [1.54, 1.807) is 48.2 Å². The fourth-order valence-corrected chi connectivity index (χ4v) is 4.66. The number of benzene rings is 2. The van der Waals surface area contributed by atoms with Gasteiger partial charge in [0, 0.05) is 27.5 Å². The van der Waals surface area contributed by atoms with Gasteiger partial charge in [-0.05, 0) is 30.3 Å². The van der Waals surface area contributed by atoms with Gasteiger partial charge in [0.05, 0.1) is 42.7 Å². The number of fused-ring (bicyclic) bond motifs is 1. The second-order valence-corrected chi connectivity index (χ2v) is 8.31. The number of anilines is 1. The zero-order valence-corrected chi connectivity index (χ0v) is 17.3. The molecule has 0 aliphatic carbocycles. The Kier molecular flexibility index (Phi) is 5.29. The van der Waals surface area contributed by atoms with Crippen LogP contribution in [-0.2, 0) is 22.3 Å². The molecule has 0 fully saturated rings. The Morgan fingerprint density at radius 3 is 2.72 bits per heavy atom. The molecule has 1 aromatic heterocycles. The lowest BCUT2D eigenvalue weighted by Gasteiger charge is -2.13. The normalized spacial score (nSPS) is 15.1. The molecule has 0 radical (unpaired) electrons. The third kappa shape index (κ3) is 3.73. The van der Waals surface area contributed by atoms with Crippen LogP contribution in [0, 0.1) is 0 Å². The van der Waals surface area contributed by atoms with E-state index >= 15 is 0 Å². The summed E-state index contributed by atoms with van der Waals surface area (Å²) in [4.78, 5) is 13.0. The molecule has 0 spiro atoms. The standard InChI is InChI=1S/C20H18ClN3O4S/c1-27-14-6-7-15(18(9-14)28-2)20(25)22-19-16-10-29(26)11-17(16)23-24(19)13-5-3-4-12(21)8-13/h3-9H,10-11H2,1-2H3,(H,22,25)/t29-/m1/s1. The third-order valence-electron chi connectivity index (χ3n) is 4.61. The molecule has 7 nitrogen and oxygen atoms in total.